The maximum absolute atomic E-state index is 6.75. The Bertz CT molecular complexity index is 4160. The molecule has 0 aliphatic heterocycles. The first-order chi connectivity index (χ1) is 34.6. The maximum atomic E-state index is 6.75. The fraction of sp³-hybridized carbons (Fsp3) is 0.203. The van der Waals surface area contributed by atoms with Crippen LogP contribution in [0.1, 0.15) is 118 Å². The van der Waals surface area contributed by atoms with Crippen molar-refractivity contribution in [1.29, 1.82) is 0 Å². The summed E-state index contributed by atoms with van der Waals surface area (Å²) in [4.78, 5) is 4.35. The molecular formula is C69H57NO2. The van der Waals surface area contributed by atoms with Crippen molar-refractivity contribution in [2.75, 3.05) is 0 Å². The van der Waals surface area contributed by atoms with Crippen LogP contribution in [0.2, 0.25) is 0 Å². The van der Waals surface area contributed by atoms with Gasteiger partial charge in [0, 0.05) is 55.7 Å². The molecule has 0 N–H and O–H groups in total. The Hall–Kier alpha value is -7.75. The van der Waals surface area contributed by atoms with Crippen molar-refractivity contribution >= 4 is 55.5 Å². The lowest BCUT2D eigenvalue weighted by Gasteiger charge is -2.24. The number of hydrogen-bond acceptors (Lipinski definition) is 3. The number of benzene rings is 8. The summed E-state index contributed by atoms with van der Waals surface area (Å²) in [5, 5.41) is 4.76. The molecule has 0 bridgehead atoms. The van der Waals surface area contributed by atoms with E-state index in [-0.39, 0.29) is 21.7 Å². The van der Waals surface area contributed by atoms with Crippen LogP contribution in [0.15, 0.2) is 173 Å². The summed E-state index contributed by atoms with van der Waals surface area (Å²) in [6.45, 7) is 21.3. The number of para-hydroxylation sites is 2. The first-order valence-corrected chi connectivity index (χ1v) is 25.7. The highest BCUT2D eigenvalue weighted by Gasteiger charge is 2.43. The molecule has 0 saturated heterocycles. The molecule has 0 unspecified atom stereocenters. The number of allylic oxidation sites excluding steroid dienone is 1. The highest BCUT2D eigenvalue weighted by atomic mass is 16.3. The van der Waals surface area contributed by atoms with Crippen molar-refractivity contribution in [3.8, 4) is 44.5 Å². The highest BCUT2D eigenvalue weighted by Crippen LogP contribution is 2.59. The summed E-state index contributed by atoms with van der Waals surface area (Å²) < 4.78 is 13.2. The third-order valence-corrected chi connectivity index (χ3v) is 17.2. The second kappa shape index (κ2) is 14.7. The molecule has 3 heterocycles. The minimum atomic E-state index is -0.256. The molecule has 0 atom stereocenters. The van der Waals surface area contributed by atoms with Crippen LogP contribution in [0, 0.1) is 0 Å². The number of fused-ring (bicyclic) bond motifs is 17. The zero-order valence-electron chi connectivity index (χ0n) is 42.6. The summed E-state index contributed by atoms with van der Waals surface area (Å²) >= 11 is 0. The lowest BCUT2D eigenvalue weighted by molar-refractivity contribution is 0.590. The van der Waals surface area contributed by atoms with Crippen molar-refractivity contribution in [1.82, 2.24) is 4.98 Å². The zero-order valence-corrected chi connectivity index (χ0v) is 42.6. The van der Waals surface area contributed by atoms with Gasteiger partial charge in [-0.15, -0.1) is 0 Å². The van der Waals surface area contributed by atoms with Gasteiger partial charge in [0.1, 0.15) is 22.3 Å². The van der Waals surface area contributed by atoms with Crippen molar-refractivity contribution in [3.63, 3.8) is 0 Å². The van der Waals surface area contributed by atoms with Gasteiger partial charge in [-0.2, -0.15) is 0 Å². The van der Waals surface area contributed by atoms with Crippen LogP contribution in [0.5, 0.6) is 0 Å². The average Bonchev–Trinajstić information content (AvgIpc) is 4.12. The van der Waals surface area contributed by atoms with Crippen LogP contribution >= 0.6 is 0 Å². The quantitative estimate of drug-likeness (QED) is 0.161. The van der Waals surface area contributed by atoms with Crippen LogP contribution in [-0.2, 0) is 28.1 Å². The highest BCUT2D eigenvalue weighted by molar-refractivity contribution is 6.19. The van der Waals surface area contributed by atoms with Gasteiger partial charge in [0.25, 0.3) is 0 Å². The SMILES string of the molecule is CC(C)(C)c1ccc(/C(=C\c2ccc3c(c2)C(C)(C)c2cc(-c4ccncc4)c4oc5ccccc5c4c2-3)Cc2ccc3c(c2)C(C)(C)c2cc4c(cc2-3)C(C)(C)c2ccc3oc5ccccc5c3c2-4)cc1. The van der Waals surface area contributed by atoms with Gasteiger partial charge in [-0.05, 0) is 161 Å². The lowest BCUT2D eigenvalue weighted by Crippen LogP contribution is -2.17. The van der Waals surface area contributed by atoms with Gasteiger partial charge in [-0.25, -0.2) is 0 Å². The summed E-state index contributed by atoms with van der Waals surface area (Å²) in [5.74, 6) is 0. The van der Waals surface area contributed by atoms with Crippen molar-refractivity contribution in [3.05, 3.63) is 220 Å². The van der Waals surface area contributed by atoms with Gasteiger partial charge in [-0.3, -0.25) is 4.98 Å². The van der Waals surface area contributed by atoms with E-state index in [1.165, 1.54) is 111 Å². The van der Waals surface area contributed by atoms with Crippen molar-refractivity contribution in [2.24, 2.45) is 0 Å². The van der Waals surface area contributed by atoms with Gasteiger partial charge in [0.2, 0.25) is 0 Å². The topological polar surface area (TPSA) is 39.2 Å². The predicted molar refractivity (Wildman–Crippen MR) is 300 cm³/mol. The number of furan rings is 2. The Balaban J connectivity index is 0.879. The van der Waals surface area contributed by atoms with Crippen LogP contribution in [0.3, 0.4) is 0 Å². The van der Waals surface area contributed by atoms with E-state index >= 15 is 0 Å². The van der Waals surface area contributed by atoms with E-state index in [2.05, 4.69) is 225 Å². The average molecular weight is 932 g/mol. The molecule has 350 valence electrons. The molecule has 3 aliphatic rings. The summed E-state index contributed by atoms with van der Waals surface area (Å²) in [7, 11) is 0. The van der Waals surface area contributed by atoms with E-state index in [0.29, 0.717) is 0 Å². The molecule has 0 saturated carbocycles. The summed E-state index contributed by atoms with van der Waals surface area (Å²) in [5.41, 5.74) is 28.0. The Kier molecular flexibility index (Phi) is 8.78. The van der Waals surface area contributed by atoms with Crippen molar-refractivity contribution in [2.45, 2.75) is 90.4 Å². The fourth-order valence-corrected chi connectivity index (χ4v) is 13.2. The van der Waals surface area contributed by atoms with Crippen LogP contribution < -0.4 is 0 Å². The largest absolute Gasteiger partial charge is 0.456 e. The van der Waals surface area contributed by atoms with E-state index in [4.69, 9.17) is 8.83 Å². The van der Waals surface area contributed by atoms with Gasteiger partial charge in [-0.1, -0.05) is 172 Å². The fourth-order valence-electron chi connectivity index (χ4n) is 13.2. The summed E-state index contributed by atoms with van der Waals surface area (Å²) in [6, 6.07) is 56.9. The molecule has 3 nitrogen and oxygen atoms in total. The van der Waals surface area contributed by atoms with Gasteiger partial charge in [0.05, 0.1) is 0 Å². The second-order valence-corrected chi connectivity index (χ2v) is 23.5. The first-order valence-electron chi connectivity index (χ1n) is 25.7. The van der Waals surface area contributed by atoms with Crippen molar-refractivity contribution < 1.29 is 8.83 Å². The Morgan fingerprint density at radius 3 is 1.83 bits per heavy atom. The monoisotopic (exact) mass is 931 g/mol. The molecule has 0 radical (unpaired) electrons. The molecule has 72 heavy (non-hydrogen) atoms. The normalized spacial score (nSPS) is 15.8. The third-order valence-electron chi connectivity index (χ3n) is 17.2. The molecule has 8 aromatic carbocycles. The predicted octanol–water partition coefficient (Wildman–Crippen LogP) is 18.5. The van der Waals surface area contributed by atoms with E-state index < -0.39 is 0 Å². The van der Waals surface area contributed by atoms with Crippen LogP contribution in [0.4, 0.5) is 0 Å². The van der Waals surface area contributed by atoms with Gasteiger partial charge >= 0.3 is 0 Å². The summed E-state index contributed by atoms with van der Waals surface area (Å²) in [6.07, 6.45) is 7.00. The van der Waals surface area contributed by atoms with Gasteiger partial charge in [0.15, 0.2) is 0 Å². The van der Waals surface area contributed by atoms with E-state index in [1.54, 1.807) is 0 Å². The minimum Gasteiger partial charge on any atom is -0.456 e. The Labute approximate surface area is 421 Å². The van der Waals surface area contributed by atoms with Gasteiger partial charge < -0.3 is 8.83 Å². The maximum Gasteiger partial charge on any atom is 0.143 e. The third kappa shape index (κ3) is 6.00. The molecule has 0 amide bonds. The minimum absolute atomic E-state index is 0.0579. The Morgan fingerprint density at radius 1 is 0.486 bits per heavy atom. The molecular weight excluding hydrogens is 875 g/mol. The molecule has 3 aromatic heterocycles. The number of hydrogen-bond donors (Lipinski definition) is 0. The van der Waals surface area contributed by atoms with Crippen LogP contribution in [0.25, 0.3) is 100 Å². The Morgan fingerprint density at radius 2 is 1.08 bits per heavy atom. The van der Waals surface area contributed by atoms with E-state index in [0.717, 1.165) is 45.3 Å². The molecule has 0 fully saturated rings. The van der Waals surface area contributed by atoms with Crippen LogP contribution in [-0.4, -0.2) is 4.98 Å². The second-order valence-electron chi connectivity index (χ2n) is 23.5. The smallest absolute Gasteiger partial charge is 0.143 e. The van der Waals surface area contributed by atoms with E-state index in [9.17, 15) is 0 Å². The molecule has 3 aliphatic carbocycles. The van der Waals surface area contributed by atoms with E-state index in [1.807, 2.05) is 12.4 Å². The molecule has 11 aromatic rings. The standard InChI is InChI=1S/C69H57NO2/c1-66(2,3)44-22-20-41(21-23-44)43(33-40-19-25-46-54(35-40)69(8,9)57-36-49(42-28-30-70-31-29-42)65-64(61(46)57)48-15-11-13-17-59(48)72-65)32-39-18-24-45-50-37-56-51(38-55(50)68(6,7)53(45)34-39)62-52(67(56,4)5)26-27-60-63(62)47-14-10-12-16-58(47)71-60/h10-31,33-38H,32H2,1-9H3/b43-33-. The zero-order chi connectivity index (χ0) is 49.2. The molecule has 3 heteroatoms. The molecule has 0 spiro atoms. The number of pyridine rings is 1. The number of aromatic nitrogens is 1. The number of rotatable bonds is 5. The first kappa shape index (κ1) is 43.1. The lowest BCUT2D eigenvalue weighted by atomic mass is 9.79. The molecule has 14 rings (SSSR count). The number of nitrogens with zero attached hydrogens (tertiary/aromatic N) is 1.